The first-order chi connectivity index (χ1) is 15.6. The molecule has 0 amide bonds. The second-order valence-corrected chi connectivity index (χ2v) is 8.13. The lowest BCUT2D eigenvalue weighted by Crippen LogP contribution is -2.11. The first-order valence-electron chi connectivity index (χ1n) is 10.5. The molecule has 2 aromatic heterocycles. The lowest BCUT2D eigenvalue weighted by molar-refractivity contribution is 0.174. The van der Waals surface area contributed by atoms with Crippen molar-refractivity contribution in [1.82, 2.24) is 0 Å². The third-order valence-corrected chi connectivity index (χ3v) is 6.25. The van der Waals surface area contributed by atoms with Gasteiger partial charge in [-0.2, -0.15) is 0 Å². The molecule has 0 radical (unpaired) electrons. The molecule has 0 aliphatic carbocycles. The maximum Gasteiger partial charge on any atom is 0.340 e. The van der Waals surface area contributed by atoms with Gasteiger partial charge in [0.2, 0.25) is 6.79 Å². The molecule has 5 aromatic rings. The van der Waals surface area contributed by atoms with Crippen LogP contribution < -0.4 is 15.1 Å². The summed E-state index contributed by atoms with van der Waals surface area (Å²) in [6, 6.07) is 17.9. The van der Waals surface area contributed by atoms with E-state index in [1.807, 2.05) is 62.4 Å². The van der Waals surface area contributed by atoms with Crippen LogP contribution in [0.1, 0.15) is 22.3 Å². The summed E-state index contributed by atoms with van der Waals surface area (Å²) >= 11 is 0. The number of benzene rings is 3. The van der Waals surface area contributed by atoms with Crippen LogP contribution in [-0.2, 0) is 6.42 Å². The number of furan rings is 1. The molecule has 1 aliphatic rings. The van der Waals surface area contributed by atoms with Gasteiger partial charge in [-0.1, -0.05) is 36.4 Å². The molecule has 1 aliphatic heterocycles. The minimum atomic E-state index is -0.302. The molecule has 158 valence electrons. The molecule has 5 heteroatoms. The van der Waals surface area contributed by atoms with Crippen LogP contribution in [0.2, 0.25) is 0 Å². The van der Waals surface area contributed by atoms with E-state index in [2.05, 4.69) is 6.07 Å². The number of rotatable bonds is 3. The van der Waals surface area contributed by atoms with E-state index in [1.54, 1.807) is 6.26 Å². The van der Waals surface area contributed by atoms with Gasteiger partial charge >= 0.3 is 5.63 Å². The zero-order valence-corrected chi connectivity index (χ0v) is 17.7. The van der Waals surface area contributed by atoms with Gasteiger partial charge in [0.15, 0.2) is 11.5 Å². The molecule has 32 heavy (non-hydrogen) atoms. The molecule has 0 saturated heterocycles. The number of hydrogen-bond acceptors (Lipinski definition) is 5. The summed E-state index contributed by atoms with van der Waals surface area (Å²) < 4.78 is 22.7. The van der Waals surface area contributed by atoms with Gasteiger partial charge in [-0.25, -0.2) is 4.79 Å². The normalized spacial score (nSPS) is 12.7. The fraction of sp³-hybridized carbons (Fsp3) is 0.148. The van der Waals surface area contributed by atoms with Gasteiger partial charge in [0.25, 0.3) is 0 Å². The molecule has 0 bridgehead atoms. The summed E-state index contributed by atoms with van der Waals surface area (Å²) in [5, 5.41) is 1.89. The van der Waals surface area contributed by atoms with Crippen LogP contribution in [0.3, 0.4) is 0 Å². The Labute approximate surface area is 183 Å². The molecule has 3 aromatic carbocycles. The van der Waals surface area contributed by atoms with Crippen LogP contribution in [0, 0.1) is 13.8 Å². The SMILES string of the molecule is Cc1c(Cc2ccccc2)c(=O)oc2c(C)c3occ(-c4ccc5c(c4)OCO5)c3cc12. The quantitative estimate of drug-likeness (QED) is 0.326. The summed E-state index contributed by atoms with van der Waals surface area (Å²) in [6.45, 7) is 4.15. The van der Waals surface area contributed by atoms with E-state index in [4.69, 9.17) is 18.3 Å². The topological polar surface area (TPSA) is 61.8 Å². The Balaban J connectivity index is 1.56. The molecule has 6 rings (SSSR count). The fourth-order valence-corrected chi connectivity index (χ4v) is 4.49. The van der Waals surface area contributed by atoms with Crippen molar-refractivity contribution in [2.45, 2.75) is 20.3 Å². The molecule has 3 heterocycles. The first kappa shape index (κ1) is 18.8. The zero-order valence-electron chi connectivity index (χ0n) is 17.7. The van der Waals surface area contributed by atoms with Crippen LogP contribution >= 0.6 is 0 Å². The molecular weight excluding hydrogens is 404 g/mol. The van der Waals surface area contributed by atoms with Gasteiger partial charge in [-0.05, 0) is 48.7 Å². The maximum atomic E-state index is 12.9. The molecule has 0 atom stereocenters. The average molecular weight is 424 g/mol. The zero-order chi connectivity index (χ0) is 21.8. The highest BCUT2D eigenvalue weighted by atomic mass is 16.7. The Morgan fingerprint density at radius 1 is 0.844 bits per heavy atom. The van der Waals surface area contributed by atoms with Crippen molar-refractivity contribution < 1.29 is 18.3 Å². The number of aryl methyl sites for hydroxylation is 2. The standard InChI is InChI=1S/C27H20O5/c1-15-19-12-21-22(18-8-9-23-24(11-18)31-14-30-23)13-29-25(21)16(2)26(19)32-27(28)20(15)10-17-6-4-3-5-7-17/h3-9,11-13H,10,14H2,1-2H3. The lowest BCUT2D eigenvalue weighted by atomic mass is 9.96. The van der Waals surface area contributed by atoms with Gasteiger partial charge < -0.3 is 18.3 Å². The molecule has 0 fully saturated rings. The Morgan fingerprint density at radius 2 is 1.66 bits per heavy atom. The third-order valence-electron chi connectivity index (χ3n) is 6.25. The fourth-order valence-electron chi connectivity index (χ4n) is 4.49. The summed E-state index contributed by atoms with van der Waals surface area (Å²) in [5.41, 5.74) is 6.42. The summed E-state index contributed by atoms with van der Waals surface area (Å²) in [5.74, 6) is 1.47. The molecule has 0 N–H and O–H groups in total. The van der Waals surface area contributed by atoms with E-state index in [1.165, 1.54) is 0 Å². The second kappa shape index (κ2) is 7.02. The van der Waals surface area contributed by atoms with Gasteiger partial charge in [0, 0.05) is 33.9 Å². The number of fused-ring (bicyclic) bond motifs is 3. The summed E-state index contributed by atoms with van der Waals surface area (Å²) in [6.07, 6.45) is 2.27. The van der Waals surface area contributed by atoms with E-state index in [-0.39, 0.29) is 12.4 Å². The highest BCUT2D eigenvalue weighted by Gasteiger charge is 2.20. The molecule has 0 unspecified atom stereocenters. The van der Waals surface area contributed by atoms with Crippen molar-refractivity contribution in [3.8, 4) is 22.6 Å². The lowest BCUT2D eigenvalue weighted by Gasteiger charge is -2.10. The Bertz CT molecular complexity index is 1560. The van der Waals surface area contributed by atoms with E-state index in [9.17, 15) is 4.79 Å². The van der Waals surface area contributed by atoms with Gasteiger partial charge in [-0.15, -0.1) is 0 Å². The van der Waals surface area contributed by atoms with Crippen molar-refractivity contribution >= 4 is 21.9 Å². The monoisotopic (exact) mass is 424 g/mol. The number of hydrogen-bond donors (Lipinski definition) is 0. The minimum absolute atomic E-state index is 0.233. The largest absolute Gasteiger partial charge is 0.463 e. The summed E-state index contributed by atoms with van der Waals surface area (Å²) in [4.78, 5) is 12.9. The van der Waals surface area contributed by atoms with Crippen molar-refractivity contribution in [1.29, 1.82) is 0 Å². The predicted octanol–water partition coefficient (Wildman–Crippen LogP) is 6.14. The second-order valence-electron chi connectivity index (χ2n) is 8.13. The van der Waals surface area contributed by atoms with Gasteiger partial charge in [-0.3, -0.25) is 0 Å². The van der Waals surface area contributed by atoms with E-state index >= 15 is 0 Å². The number of ether oxygens (including phenoxy) is 2. The van der Waals surface area contributed by atoms with Gasteiger partial charge in [0.05, 0.1) is 6.26 Å². The average Bonchev–Trinajstić information content (AvgIpc) is 3.45. The van der Waals surface area contributed by atoms with Gasteiger partial charge in [0.1, 0.15) is 11.2 Å². The molecular formula is C27H20O5. The van der Waals surface area contributed by atoms with Crippen LogP contribution in [-0.4, -0.2) is 6.79 Å². The Hall–Kier alpha value is -3.99. The Morgan fingerprint density at radius 3 is 2.50 bits per heavy atom. The van der Waals surface area contributed by atoms with Crippen molar-refractivity contribution in [3.63, 3.8) is 0 Å². The van der Waals surface area contributed by atoms with E-state index in [0.29, 0.717) is 23.2 Å². The van der Waals surface area contributed by atoms with Crippen LogP contribution in [0.15, 0.2) is 74.5 Å². The highest BCUT2D eigenvalue weighted by Crippen LogP contribution is 2.41. The minimum Gasteiger partial charge on any atom is -0.463 e. The highest BCUT2D eigenvalue weighted by molar-refractivity contribution is 6.05. The molecule has 0 saturated carbocycles. The van der Waals surface area contributed by atoms with Crippen LogP contribution in [0.5, 0.6) is 11.5 Å². The predicted molar refractivity (Wildman–Crippen MR) is 123 cm³/mol. The maximum absolute atomic E-state index is 12.9. The molecule has 5 nitrogen and oxygen atoms in total. The van der Waals surface area contributed by atoms with Crippen LogP contribution in [0.4, 0.5) is 0 Å². The van der Waals surface area contributed by atoms with E-state index < -0.39 is 0 Å². The first-order valence-corrected chi connectivity index (χ1v) is 10.5. The molecule has 0 spiro atoms. The Kier molecular flexibility index (Phi) is 4.12. The van der Waals surface area contributed by atoms with Crippen LogP contribution in [0.25, 0.3) is 33.1 Å². The van der Waals surface area contributed by atoms with Crippen molar-refractivity contribution in [3.05, 3.63) is 93.5 Å². The van der Waals surface area contributed by atoms with E-state index in [0.717, 1.165) is 50.1 Å². The third kappa shape index (κ3) is 2.82. The van der Waals surface area contributed by atoms with Crippen molar-refractivity contribution in [2.24, 2.45) is 0 Å². The summed E-state index contributed by atoms with van der Waals surface area (Å²) in [7, 11) is 0. The smallest absolute Gasteiger partial charge is 0.340 e. The van der Waals surface area contributed by atoms with Crippen molar-refractivity contribution in [2.75, 3.05) is 6.79 Å².